The number of rotatable bonds is 6. The Morgan fingerprint density at radius 3 is 2.06 bits per heavy atom. The number of benzene rings is 2. The molecule has 0 saturated heterocycles. The second-order valence-electron chi connectivity index (χ2n) is 8.20. The fourth-order valence-electron chi connectivity index (χ4n) is 3.37. The standard InChI is InChI=1S/C24H28N2O6/c1-24(2,3)32-23(28)26-14-17(25-22(26)15-10-8-7-9-11-15)20(27)16-12-18(29-4)21(31-6)19(13-16)30-5/h7-13,17H,14H2,1-6H3. The molecule has 0 bridgehead atoms. The van der Waals surface area contributed by atoms with Crippen LogP contribution >= 0.6 is 0 Å². The first kappa shape index (κ1) is 23.1. The van der Waals surface area contributed by atoms with Gasteiger partial charge in [0.05, 0.1) is 27.9 Å². The molecule has 32 heavy (non-hydrogen) atoms. The van der Waals surface area contributed by atoms with E-state index in [0.29, 0.717) is 28.6 Å². The summed E-state index contributed by atoms with van der Waals surface area (Å²) in [5.74, 6) is 1.24. The van der Waals surface area contributed by atoms with Crippen molar-refractivity contribution in [3.63, 3.8) is 0 Å². The van der Waals surface area contributed by atoms with E-state index in [2.05, 4.69) is 4.99 Å². The van der Waals surface area contributed by atoms with Gasteiger partial charge in [-0.2, -0.15) is 0 Å². The SMILES string of the molecule is COc1cc(C(=O)C2CN(C(=O)OC(C)(C)C)C(c3ccccc3)=N2)cc(OC)c1OC. The first-order chi connectivity index (χ1) is 15.2. The van der Waals surface area contributed by atoms with E-state index in [0.717, 1.165) is 5.56 Å². The number of carbonyl (C=O) groups is 2. The van der Waals surface area contributed by atoms with Crippen LogP contribution in [0.1, 0.15) is 36.7 Å². The molecule has 0 radical (unpaired) electrons. The Kier molecular flexibility index (Phi) is 6.72. The highest BCUT2D eigenvalue weighted by atomic mass is 16.6. The number of ether oxygens (including phenoxy) is 4. The molecule has 0 fully saturated rings. The minimum atomic E-state index is -0.805. The van der Waals surface area contributed by atoms with E-state index in [1.165, 1.54) is 26.2 Å². The molecular formula is C24H28N2O6. The Bertz CT molecular complexity index is 1000. The minimum absolute atomic E-state index is 0.0641. The molecule has 1 aliphatic heterocycles. The second kappa shape index (κ2) is 9.30. The van der Waals surface area contributed by atoms with Crippen LogP contribution in [0.4, 0.5) is 4.79 Å². The topological polar surface area (TPSA) is 86.7 Å². The van der Waals surface area contributed by atoms with Crippen molar-refractivity contribution < 1.29 is 28.5 Å². The van der Waals surface area contributed by atoms with Crippen LogP contribution < -0.4 is 14.2 Å². The molecule has 0 saturated carbocycles. The van der Waals surface area contributed by atoms with Gasteiger partial charge in [-0.15, -0.1) is 0 Å². The molecule has 0 N–H and O–H groups in total. The van der Waals surface area contributed by atoms with Crippen LogP contribution in [0.5, 0.6) is 17.2 Å². The quantitative estimate of drug-likeness (QED) is 0.632. The predicted octanol–water partition coefficient (Wildman–Crippen LogP) is 3.96. The lowest BCUT2D eigenvalue weighted by Crippen LogP contribution is -2.41. The normalized spacial score (nSPS) is 15.8. The summed E-state index contributed by atoms with van der Waals surface area (Å²) in [4.78, 5) is 32.3. The first-order valence-electron chi connectivity index (χ1n) is 10.2. The van der Waals surface area contributed by atoms with Crippen LogP contribution in [0, 0.1) is 0 Å². The number of methoxy groups -OCH3 is 3. The number of ketones is 1. The van der Waals surface area contributed by atoms with Crippen LogP contribution in [-0.2, 0) is 4.74 Å². The van der Waals surface area contributed by atoms with Crippen molar-refractivity contribution in [1.29, 1.82) is 0 Å². The molecule has 8 heteroatoms. The maximum absolute atomic E-state index is 13.4. The Morgan fingerprint density at radius 1 is 0.969 bits per heavy atom. The maximum atomic E-state index is 13.4. The van der Waals surface area contributed by atoms with Gasteiger partial charge in [-0.3, -0.25) is 14.7 Å². The molecule has 1 amide bonds. The van der Waals surface area contributed by atoms with E-state index < -0.39 is 17.7 Å². The van der Waals surface area contributed by atoms with E-state index in [1.807, 2.05) is 30.3 Å². The van der Waals surface area contributed by atoms with Crippen molar-refractivity contribution in [2.45, 2.75) is 32.4 Å². The summed E-state index contributed by atoms with van der Waals surface area (Å²) >= 11 is 0. The van der Waals surface area contributed by atoms with Crippen LogP contribution in [-0.4, -0.2) is 62.1 Å². The highest BCUT2D eigenvalue weighted by molar-refractivity contribution is 6.12. The summed E-state index contributed by atoms with van der Waals surface area (Å²) in [5, 5.41) is 0. The average Bonchev–Trinajstić information content (AvgIpc) is 3.22. The van der Waals surface area contributed by atoms with Gasteiger partial charge in [0.15, 0.2) is 17.3 Å². The van der Waals surface area contributed by atoms with Crippen LogP contribution in [0.3, 0.4) is 0 Å². The monoisotopic (exact) mass is 440 g/mol. The number of hydrogen-bond acceptors (Lipinski definition) is 7. The first-order valence-corrected chi connectivity index (χ1v) is 10.2. The van der Waals surface area contributed by atoms with Crippen LogP contribution in [0.2, 0.25) is 0 Å². The molecule has 0 aliphatic carbocycles. The van der Waals surface area contributed by atoms with Crippen molar-refractivity contribution in [2.24, 2.45) is 4.99 Å². The third kappa shape index (κ3) is 4.85. The Morgan fingerprint density at radius 2 is 1.56 bits per heavy atom. The molecule has 8 nitrogen and oxygen atoms in total. The molecule has 0 spiro atoms. The van der Waals surface area contributed by atoms with Crippen molar-refractivity contribution in [3.8, 4) is 17.2 Å². The van der Waals surface area contributed by atoms with E-state index in [-0.39, 0.29) is 12.3 Å². The number of aliphatic imine (C=N–C) groups is 1. The fourth-order valence-corrected chi connectivity index (χ4v) is 3.37. The molecule has 1 atom stereocenters. The summed E-state index contributed by atoms with van der Waals surface area (Å²) in [6.45, 7) is 5.44. The Balaban J connectivity index is 1.98. The zero-order valence-corrected chi connectivity index (χ0v) is 19.2. The number of hydrogen-bond donors (Lipinski definition) is 0. The van der Waals surface area contributed by atoms with Gasteiger partial charge in [-0.1, -0.05) is 30.3 Å². The third-order valence-electron chi connectivity index (χ3n) is 4.79. The van der Waals surface area contributed by atoms with Crippen molar-refractivity contribution in [2.75, 3.05) is 27.9 Å². The lowest BCUT2D eigenvalue weighted by atomic mass is 10.0. The van der Waals surface area contributed by atoms with E-state index in [1.54, 1.807) is 32.9 Å². The third-order valence-corrected chi connectivity index (χ3v) is 4.79. The van der Waals surface area contributed by atoms with Gasteiger partial charge >= 0.3 is 6.09 Å². The summed E-state index contributed by atoms with van der Waals surface area (Å²) in [6.07, 6.45) is -0.555. The minimum Gasteiger partial charge on any atom is -0.493 e. The lowest BCUT2D eigenvalue weighted by molar-refractivity contribution is 0.0378. The summed E-state index contributed by atoms with van der Waals surface area (Å²) < 4.78 is 21.6. The molecular weight excluding hydrogens is 412 g/mol. The fraction of sp³-hybridized carbons (Fsp3) is 0.375. The smallest absolute Gasteiger partial charge is 0.416 e. The summed E-state index contributed by atoms with van der Waals surface area (Å²) in [7, 11) is 4.46. The van der Waals surface area contributed by atoms with Gasteiger partial charge in [0.2, 0.25) is 5.75 Å². The molecule has 1 heterocycles. The predicted molar refractivity (Wildman–Crippen MR) is 120 cm³/mol. The van der Waals surface area contributed by atoms with E-state index in [4.69, 9.17) is 18.9 Å². The van der Waals surface area contributed by atoms with Gasteiger partial charge in [0, 0.05) is 11.1 Å². The number of amides is 1. The lowest BCUT2D eigenvalue weighted by Gasteiger charge is -2.25. The van der Waals surface area contributed by atoms with Crippen molar-refractivity contribution >= 4 is 17.7 Å². The highest BCUT2D eigenvalue weighted by Crippen LogP contribution is 2.38. The van der Waals surface area contributed by atoms with Gasteiger partial charge < -0.3 is 18.9 Å². The van der Waals surface area contributed by atoms with Crippen molar-refractivity contribution in [1.82, 2.24) is 4.90 Å². The van der Waals surface area contributed by atoms with E-state index in [9.17, 15) is 9.59 Å². The molecule has 1 aliphatic rings. The molecule has 0 aromatic heterocycles. The van der Waals surface area contributed by atoms with Crippen molar-refractivity contribution in [3.05, 3.63) is 53.6 Å². The molecule has 1 unspecified atom stereocenters. The zero-order chi connectivity index (χ0) is 23.5. The van der Waals surface area contributed by atoms with E-state index >= 15 is 0 Å². The average molecular weight is 440 g/mol. The van der Waals surface area contributed by atoms with Gasteiger partial charge in [-0.25, -0.2) is 4.79 Å². The molecule has 3 rings (SSSR count). The van der Waals surface area contributed by atoms with Gasteiger partial charge in [0.25, 0.3) is 0 Å². The number of amidine groups is 1. The summed E-state index contributed by atoms with van der Waals surface area (Å²) in [5.41, 5.74) is 0.378. The van der Waals surface area contributed by atoms with Gasteiger partial charge in [0.1, 0.15) is 17.5 Å². The van der Waals surface area contributed by atoms with Crippen LogP contribution in [0.25, 0.3) is 0 Å². The number of carbonyl (C=O) groups excluding carboxylic acids is 2. The Labute approximate surface area is 187 Å². The second-order valence-corrected chi connectivity index (χ2v) is 8.20. The van der Waals surface area contributed by atoms with Crippen LogP contribution in [0.15, 0.2) is 47.5 Å². The number of Topliss-reactive ketones (excluding diaryl/α,β-unsaturated/α-hetero) is 1. The molecule has 2 aromatic rings. The highest BCUT2D eigenvalue weighted by Gasteiger charge is 2.37. The molecule has 170 valence electrons. The van der Waals surface area contributed by atoms with Gasteiger partial charge in [-0.05, 0) is 32.9 Å². The Hall–Kier alpha value is -3.55. The number of nitrogens with zero attached hydrogens (tertiary/aromatic N) is 2. The summed E-state index contributed by atoms with van der Waals surface area (Å²) in [6, 6.07) is 11.6. The maximum Gasteiger partial charge on any atom is 0.416 e. The molecule has 2 aromatic carbocycles. The largest absolute Gasteiger partial charge is 0.493 e. The zero-order valence-electron chi connectivity index (χ0n) is 19.2.